The fraction of sp³-hybridized carbons (Fsp3) is 0.333. The number of carbonyl (C=O) groups excluding carboxylic acids is 2. The van der Waals surface area contributed by atoms with Crippen LogP contribution in [0.4, 0.5) is 5.69 Å². The van der Waals surface area contributed by atoms with Crippen molar-refractivity contribution in [1.29, 1.82) is 0 Å². The standard InChI is InChI=1S/C24H26ClN3O6/c1-12-10-16(13(2)26-12)8-9-34-24(30)21-15(4)27-14(3)20(23(29)33-5)22(21)18-11-17(25)6-7-19(18)28(31)32/h6-7,10-11,22,26-27H,8-9H2,1-5H3. The molecule has 1 unspecified atom stereocenters. The lowest BCUT2D eigenvalue weighted by Gasteiger charge is -2.30. The second-order valence-corrected chi connectivity index (χ2v) is 8.51. The van der Waals surface area contributed by atoms with Crippen molar-refractivity contribution >= 4 is 29.2 Å². The summed E-state index contributed by atoms with van der Waals surface area (Å²) in [6.45, 7) is 7.26. The average Bonchev–Trinajstić information content (AvgIpc) is 3.09. The van der Waals surface area contributed by atoms with Gasteiger partial charge in [-0.05, 0) is 51.5 Å². The zero-order valence-corrected chi connectivity index (χ0v) is 20.3. The number of ether oxygens (including phenoxy) is 2. The van der Waals surface area contributed by atoms with Gasteiger partial charge in [0.15, 0.2) is 0 Å². The lowest BCUT2D eigenvalue weighted by atomic mass is 9.79. The molecule has 0 amide bonds. The summed E-state index contributed by atoms with van der Waals surface area (Å²) < 4.78 is 10.5. The third kappa shape index (κ3) is 4.99. The summed E-state index contributed by atoms with van der Waals surface area (Å²) in [7, 11) is 1.20. The summed E-state index contributed by atoms with van der Waals surface area (Å²) in [6, 6.07) is 6.00. The van der Waals surface area contributed by atoms with Crippen LogP contribution in [-0.2, 0) is 25.5 Å². The maximum atomic E-state index is 13.3. The minimum Gasteiger partial charge on any atom is -0.466 e. The molecular formula is C24H26ClN3O6. The van der Waals surface area contributed by atoms with Crippen molar-refractivity contribution in [1.82, 2.24) is 10.3 Å². The first-order valence-electron chi connectivity index (χ1n) is 10.6. The third-order valence-corrected chi connectivity index (χ3v) is 5.98. The van der Waals surface area contributed by atoms with Gasteiger partial charge in [-0.2, -0.15) is 0 Å². The zero-order chi connectivity index (χ0) is 25.2. The van der Waals surface area contributed by atoms with Gasteiger partial charge in [-0.1, -0.05) is 11.6 Å². The maximum Gasteiger partial charge on any atom is 0.336 e. The second-order valence-electron chi connectivity index (χ2n) is 8.08. The van der Waals surface area contributed by atoms with E-state index in [1.165, 1.54) is 25.3 Å². The summed E-state index contributed by atoms with van der Waals surface area (Å²) in [5.74, 6) is -2.51. The van der Waals surface area contributed by atoms with E-state index < -0.39 is 22.8 Å². The topological polar surface area (TPSA) is 124 Å². The number of halogens is 1. The Kier molecular flexibility index (Phi) is 7.46. The molecule has 1 aromatic carbocycles. The number of nitrogens with one attached hydrogen (secondary N) is 2. The summed E-state index contributed by atoms with van der Waals surface area (Å²) >= 11 is 6.16. The normalized spacial score (nSPS) is 15.8. The van der Waals surface area contributed by atoms with Gasteiger partial charge in [0.05, 0.1) is 35.7 Å². The number of aryl methyl sites for hydroxylation is 2. The van der Waals surface area contributed by atoms with E-state index in [4.69, 9.17) is 21.1 Å². The monoisotopic (exact) mass is 487 g/mol. The number of dihydropyridines is 1. The number of aromatic amines is 1. The fourth-order valence-corrected chi connectivity index (χ4v) is 4.43. The van der Waals surface area contributed by atoms with Crippen molar-refractivity contribution in [2.24, 2.45) is 0 Å². The van der Waals surface area contributed by atoms with Crippen molar-refractivity contribution in [2.45, 2.75) is 40.0 Å². The Morgan fingerprint density at radius 1 is 1.09 bits per heavy atom. The van der Waals surface area contributed by atoms with Crippen molar-refractivity contribution in [2.75, 3.05) is 13.7 Å². The summed E-state index contributed by atoms with van der Waals surface area (Å²) in [5.41, 5.74) is 3.82. The minimum atomic E-state index is -1.10. The molecule has 2 N–H and O–H groups in total. The lowest BCUT2D eigenvalue weighted by Crippen LogP contribution is -2.32. The van der Waals surface area contributed by atoms with Crippen LogP contribution in [0.2, 0.25) is 5.02 Å². The van der Waals surface area contributed by atoms with Crippen LogP contribution in [-0.4, -0.2) is 35.6 Å². The average molecular weight is 488 g/mol. The van der Waals surface area contributed by atoms with Crippen LogP contribution in [0, 0.1) is 24.0 Å². The van der Waals surface area contributed by atoms with Crippen molar-refractivity contribution in [3.05, 3.63) is 84.5 Å². The van der Waals surface area contributed by atoms with Crippen LogP contribution in [0.25, 0.3) is 0 Å². The van der Waals surface area contributed by atoms with E-state index in [-0.39, 0.29) is 34.0 Å². The van der Waals surface area contributed by atoms with Crippen molar-refractivity contribution in [3.63, 3.8) is 0 Å². The number of carbonyl (C=O) groups is 2. The molecule has 0 saturated carbocycles. The molecule has 180 valence electrons. The highest BCUT2D eigenvalue weighted by atomic mass is 35.5. The number of allylic oxidation sites excluding steroid dienone is 2. The first kappa shape index (κ1) is 25.0. The van der Waals surface area contributed by atoms with Gasteiger partial charge < -0.3 is 19.8 Å². The Bertz CT molecular complexity index is 1230. The number of nitro benzene ring substituents is 1. The molecule has 34 heavy (non-hydrogen) atoms. The predicted octanol–water partition coefficient (Wildman–Crippen LogP) is 4.39. The first-order valence-corrected chi connectivity index (χ1v) is 11.0. The van der Waals surface area contributed by atoms with Gasteiger partial charge in [0, 0.05) is 45.9 Å². The van der Waals surface area contributed by atoms with Gasteiger partial charge in [0.1, 0.15) is 0 Å². The number of methoxy groups -OCH3 is 1. The van der Waals surface area contributed by atoms with E-state index >= 15 is 0 Å². The number of hydrogen-bond donors (Lipinski definition) is 2. The van der Waals surface area contributed by atoms with Crippen molar-refractivity contribution in [3.8, 4) is 0 Å². The molecule has 1 aromatic heterocycles. The molecule has 1 aliphatic heterocycles. The fourth-order valence-electron chi connectivity index (χ4n) is 4.25. The SMILES string of the molecule is COC(=O)C1=C(C)NC(C)=C(C(=O)OCCc2cc(C)[nH]c2C)C1c1cc(Cl)ccc1[N+](=O)[O-]. The predicted molar refractivity (Wildman–Crippen MR) is 126 cm³/mol. The van der Waals surface area contributed by atoms with Gasteiger partial charge in [-0.3, -0.25) is 10.1 Å². The minimum absolute atomic E-state index is 0.0718. The number of aromatic nitrogens is 1. The van der Waals surface area contributed by atoms with Gasteiger partial charge in [0.25, 0.3) is 5.69 Å². The highest BCUT2D eigenvalue weighted by Gasteiger charge is 2.41. The van der Waals surface area contributed by atoms with Crippen LogP contribution in [0.1, 0.15) is 42.3 Å². The molecule has 0 radical (unpaired) electrons. The van der Waals surface area contributed by atoms with Crippen molar-refractivity contribution < 1.29 is 24.0 Å². The molecule has 0 fully saturated rings. The summed E-state index contributed by atoms with van der Waals surface area (Å²) in [6.07, 6.45) is 0.488. The van der Waals surface area contributed by atoms with E-state index in [1.807, 2.05) is 19.9 Å². The molecule has 2 aromatic rings. The van der Waals surface area contributed by atoms with Crippen LogP contribution in [0.15, 0.2) is 46.8 Å². The molecule has 0 saturated heterocycles. The highest BCUT2D eigenvalue weighted by Crippen LogP contribution is 2.43. The Balaban J connectivity index is 2.03. The Morgan fingerprint density at radius 3 is 2.29 bits per heavy atom. The molecule has 9 nitrogen and oxygen atoms in total. The Hall–Kier alpha value is -3.59. The van der Waals surface area contributed by atoms with E-state index in [0.717, 1.165) is 17.0 Å². The molecule has 0 aliphatic carbocycles. The zero-order valence-electron chi connectivity index (χ0n) is 19.6. The van der Waals surface area contributed by atoms with Gasteiger partial charge in [-0.25, -0.2) is 9.59 Å². The van der Waals surface area contributed by atoms with Gasteiger partial charge in [-0.15, -0.1) is 0 Å². The molecular weight excluding hydrogens is 462 g/mol. The number of nitrogens with zero attached hydrogens (tertiary/aromatic N) is 1. The largest absolute Gasteiger partial charge is 0.466 e. The lowest BCUT2D eigenvalue weighted by molar-refractivity contribution is -0.385. The van der Waals surface area contributed by atoms with Crippen LogP contribution >= 0.6 is 11.6 Å². The second kappa shape index (κ2) is 10.1. The Labute approximate surface area is 201 Å². The van der Waals surface area contributed by atoms with Gasteiger partial charge in [0.2, 0.25) is 0 Å². The quantitative estimate of drug-likeness (QED) is 0.337. The van der Waals surface area contributed by atoms with Crippen LogP contribution in [0.5, 0.6) is 0 Å². The molecule has 10 heteroatoms. The molecule has 0 bridgehead atoms. The summed E-state index contributed by atoms with van der Waals surface area (Å²) in [5, 5.41) is 15.0. The number of esters is 2. The molecule has 2 heterocycles. The maximum absolute atomic E-state index is 13.3. The van der Waals surface area contributed by atoms with E-state index in [1.54, 1.807) is 13.8 Å². The van der Waals surface area contributed by atoms with E-state index in [2.05, 4.69) is 10.3 Å². The first-order chi connectivity index (χ1) is 16.0. The molecule has 1 atom stereocenters. The third-order valence-electron chi connectivity index (χ3n) is 5.74. The smallest absolute Gasteiger partial charge is 0.336 e. The van der Waals surface area contributed by atoms with E-state index in [9.17, 15) is 19.7 Å². The number of benzene rings is 1. The summed E-state index contributed by atoms with van der Waals surface area (Å²) in [4.78, 5) is 40.5. The molecule has 3 rings (SSSR count). The molecule has 0 spiro atoms. The van der Waals surface area contributed by atoms with Gasteiger partial charge >= 0.3 is 11.9 Å². The van der Waals surface area contributed by atoms with Crippen LogP contribution in [0.3, 0.4) is 0 Å². The number of H-pyrrole nitrogens is 1. The highest BCUT2D eigenvalue weighted by molar-refractivity contribution is 6.30. The van der Waals surface area contributed by atoms with Crippen LogP contribution < -0.4 is 5.32 Å². The number of nitro groups is 1. The van der Waals surface area contributed by atoms with E-state index in [0.29, 0.717) is 17.8 Å². The number of hydrogen-bond acceptors (Lipinski definition) is 7. The molecule has 1 aliphatic rings. The Morgan fingerprint density at radius 2 is 1.74 bits per heavy atom. The number of rotatable bonds is 7.